The van der Waals surface area contributed by atoms with Gasteiger partial charge in [-0.3, -0.25) is 23.4 Å². The van der Waals surface area contributed by atoms with E-state index in [1.165, 1.54) is 63.9 Å². The number of hydrogen-bond acceptors (Lipinski definition) is 12. The highest BCUT2D eigenvalue weighted by molar-refractivity contribution is 7.47. The van der Waals surface area contributed by atoms with Crippen LogP contribution in [0.15, 0.2) is 60.8 Å². The number of nitrogens with two attached hydrogens (primary N) is 1. The Bertz CT molecular complexity index is 1320. The second kappa shape index (κ2) is 39.9. The number of unbranched alkanes of at least 4 members (excludes halogenated alkanes) is 15. The van der Waals surface area contributed by atoms with Crippen LogP contribution in [0, 0.1) is 0 Å². The molecule has 61 heavy (non-hydrogen) atoms. The Kier molecular flexibility index (Phi) is 38.0. The fraction of sp³-hybridized carbons (Fsp3) is 0.717. The summed E-state index contributed by atoms with van der Waals surface area (Å²) in [6, 6.07) is -1.58. The van der Waals surface area contributed by atoms with E-state index in [0.717, 1.165) is 57.8 Å². The van der Waals surface area contributed by atoms with Crippen molar-refractivity contribution in [3.8, 4) is 0 Å². The summed E-state index contributed by atoms with van der Waals surface area (Å²) < 4.78 is 32.5. The van der Waals surface area contributed by atoms with Gasteiger partial charge in [-0.25, -0.2) is 4.57 Å². The monoisotopic (exact) mass is 886 g/mol. The zero-order valence-corrected chi connectivity index (χ0v) is 38.0. The summed E-state index contributed by atoms with van der Waals surface area (Å²) in [5.41, 5.74) is 5.31. The standard InChI is InChI=1S/C46H80NO13P/c1-3-5-7-8-9-10-11-12-13-14-15-16-17-18-19-24-28-34-44(51)57-36-40(37-58-61(55,56)59-38-41(47)46(53)54)60-45(52)35-29-33-43(50)42(49)32-27-23-21-20-22-26-31-39(48)30-25-6-4-2/h12-13,20-23,26-27,31-32,39-43,48-50H,3-11,14-19,24-25,28-30,33-38,47H2,1-2H3,(H,53,54)(H,55,56)/b13-12-,22-20-,23-21+,31-26+,32-27+/t39-,40+,41-,42-,43-/m0/s1. The zero-order valence-electron chi connectivity index (χ0n) is 37.1. The Morgan fingerprint density at radius 1 is 0.607 bits per heavy atom. The number of esters is 2. The number of aliphatic hydroxyl groups excluding tert-OH is 3. The van der Waals surface area contributed by atoms with Crippen molar-refractivity contribution in [2.75, 3.05) is 19.8 Å². The van der Waals surface area contributed by atoms with Crippen molar-refractivity contribution in [3.63, 3.8) is 0 Å². The lowest BCUT2D eigenvalue weighted by molar-refractivity contribution is -0.161. The summed E-state index contributed by atoms with van der Waals surface area (Å²) in [7, 11) is -4.82. The second-order valence-electron chi connectivity index (χ2n) is 15.4. The molecule has 0 heterocycles. The van der Waals surface area contributed by atoms with Gasteiger partial charge in [-0.15, -0.1) is 0 Å². The summed E-state index contributed by atoms with van der Waals surface area (Å²) >= 11 is 0. The first-order valence-electron chi connectivity index (χ1n) is 22.6. The van der Waals surface area contributed by atoms with E-state index in [1.807, 2.05) is 0 Å². The molecule has 15 heteroatoms. The van der Waals surface area contributed by atoms with Gasteiger partial charge in [0.2, 0.25) is 0 Å². The molecular weight excluding hydrogens is 805 g/mol. The molecule has 6 atom stereocenters. The maximum atomic E-state index is 12.7. The van der Waals surface area contributed by atoms with Gasteiger partial charge < -0.3 is 40.5 Å². The molecule has 0 aromatic heterocycles. The van der Waals surface area contributed by atoms with E-state index in [1.54, 1.807) is 42.5 Å². The lowest BCUT2D eigenvalue weighted by Crippen LogP contribution is -2.34. The number of ether oxygens (including phenoxy) is 2. The summed E-state index contributed by atoms with van der Waals surface area (Å²) in [4.78, 5) is 46.1. The van der Waals surface area contributed by atoms with Gasteiger partial charge >= 0.3 is 25.7 Å². The van der Waals surface area contributed by atoms with E-state index in [-0.39, 0.29) is 25.7 Å². The van der Waals surface area contributed by atoms with E-state index in [0.29, 0.717) is 6.42 Å². The maximum absolute atomic E-state index is 12.7. The topological polar surface area (TPSA) is 232 Å². The molecule has 1 unspecified atom stereocenters. The molecule has 0 fully saturated rings. The Balaban J connectivity index is 4.68. The lowest BCUT2D eigenvalue weighted by atomic mass is 10.1. The van der Waals surface area contributed by atoms with Crippen LogP contribution in [0.5, 0.6) is 0 Å². The van der Waals surface area contributed by atoms with Crippen molar-refractivity contribution in [3.05, 3.63) is 60.8 Å². The zero-order chi connectivity index (χ0) is 45.4. The van der Waals surface area contributed by atoms with E-state index in [9.17, 15) is 39.2 Å². The molecule has 0 aromatic rings. The number of allylic oxidation sites excluding steroid dienone is 8. The van der Waals surface area contributed by atoms with Crippen molar-refractivity contribution in [1.29, 1.82) is 0 Å². The van der Waals surface area contributed by atoms with Crippen LogP contribution >= 0.6 is 7.82 Å². The van der Waals surface area contributed by atoms with Gasteiger partial charge in [-0.2, -0.15) is 0 Å². The highest BCUT2D eigenvalue weighted by Gasteiger charge is 2.28. The molecule has 0 rings (SSSR count). The Morgan fingerprint density at radius 2 is 1.11 bits per heavy atom. The number of carbonyl (C=O) groups is 3. The summed E-state index contributed by atoms with van der Waals surface area (Å²) in [5, 5.41) is 39.4. The molecular formula is C46H80NO13P. The molecule has 0 bridgehead atoms. The van der Waals surface area contributed by atoms with E-state index >= 15 is 0 Å². The second-order valence-corrected chi connectivity index (χ2v) is 16.8. The number of carbonyl (C=O) groups excluding carboxylic acids is 2. The van der Waals surface area contributed by atoms with Gasteiger partial charge in [0.05, 0.1) is 31.5 Å². The first-order valence-corrected chi connectivity index (χ1v) is 24.1. The minimum atomic E-state index is -4.82. The lowest BCUT2D eigenvalue weighted by Gasteiger charge is -2.20. The number of phosphoric ester groups is 1. The van der Waals surface area contributed by atoms with E-state index in [2.05, 4.69) is 30.5 Å². The Morgan fingerprint density at radius 3 is 1.72 bits per heavy atom. The Hall–Kier alpha value is -2.94. The minimum Gasteiger partial charge on any atom is -0.480 e. The fourth-order valence-corrected chi connectivity index (χ4v) is 6.63. The van der Waals surface area contributed by atoms with Crippen LogP contribution in [0.25, 0.3) is 0 Å². The van der Waals surface area contributed by atoms with Crippen LogP contribution in [-0.4, -0.2) is 93.5 Å². The SMILES string of the molecule is CCCCCCCC/C=C\CCCCCCCCCC(=O)OC[C@H](COP(=O)(O)OC[C@H](N)C(=O)O)OC(=O)CCC[C@H](O)[C@@H](O)/C=C/C=C/C=C\C=C\[C@@H](O)CCCCC. The number of aliphatic hydroxyl groups is 3. The van der Waals surface area contributed by atoms with Crippen molar-refractivity contribution in [1.82, 2.24) is 0 Å². The summed E-state index contributed by atoms with van der Waals surface area (Å²) in [6.45, 7) is 2.34. The molecule has 0 radical (unpaired) electrons. The normalized spacial score (nSPS) is 15.8. The number of carboxylic acid groups (broad SMARTS) is 1. The first-order chi connectivity index (χ1) is 29.3. The molecule has 0 aliphatic heterocycles. The molecule has 0 saturated heterocycles. The van der Waals surface area contributed by atoms with Crippen molar-refractivity contribution in [2.45, 2.75) is 192 Å². The van der Waals surface area contributed by atoms with Crippen LogP contribution in [-0.2, 0) is 37.5 Å². The molecule has 7 N–H and O–H groups in total. The third kappa shape index (κ3) is 38.5. The molecule has 0 spiro atoms. The predicted molar refractivity (Wildman–Crippen MR) is 239 cm³/mol. The van der Waals surface area contributed by atoms with Crippen LogP contribution in [0.3, 0.4) is 0 Å². The molecule has 0 aromatic carbocycles. The highest BCUT2D eigenvalue weighted by atomic mass is 31.2. The average molecular weight is 886 g/mol. The minimum absolute atomic E-state index is 0.0476. The van der Waals surface area contributed by atoms with Crippen molar-refractivity contribution >= 4 is 25.7 Å². The van der Waals surface area contributed by atoms with Crippen LogP contribution < -0.4 is 5.73 Å². The number of rotatable bonds is 41. The molecule has 0 saturated carbocycles. The quantitative estimate of drug-likeness (QED) is 0.0111. The predicted octanol–water partition coefficient (Wildman–Crippen LogP) is 8.86. The van der Waals surface area contributed by atoms with Crippen LogP contribution in [0.2, 0.25) is 0 Å². The maximum Gasteiger partial charge on any atom is 0.472 e. The highest BCUT2D eigenvalue weighted by Crippen LogP contribution is 2.43. The smallest absolute Gasteiger partial charge is 0.472 e. The third-order valence-electron chi connectivity index (χ3n) is 9.60. The number of carboxylic acids is 1. The van der Waals surface area contributed by atoms with Crippen LogP contribution in [0.4, 0.5) is 0 Å². The first kappa shape index (κ1) is 58.1. The molecule has 0 aliphatic carbocycles. The van der Waals surface area contributed by atoms with Gasteiger partial charge in [0.25, 0.3) is 0 Å². The van der Waals surface area contributed by atoms with Gasteiger partial charge in [0.1, 0.15) is 12.6 Å². The van der Waals surface area contributed by atoms with Gasteiger partial charge in [-0.1, -0.05) is 158 Å². The van der Waals surface area contributed by atoms with Gasteiger partial charge in [0.15, 0.2) is 6.10 Å². The fourth-order valence-electron chi connectivity index (χ4n) is 5.85. The largest absolute Gasteiger partial charge is 0.480 e. The third-order valence-corrected chi connectivity index (χ3v) is 10.6. The van der Waals surface area contributed by atoms with Crippen molar-refractivity contribution in [2.24, 2.45) is 5.73 Å². The molecule has 352 valence electrons. The average Bonchev–Trinajstić information content (AvgIpc) is 3.22. The molecule has 0 aliphatic rings. The summed E-state index contributed by atoms with van der Waals surface area (Å²) in [6.07, 6.45) is 35.1. The molecule has 0 amide bonds. The number of aliphatic carboxylic acids is 1. The Labute approximate surface area is 366 Å². The van der Waals surface area contributed by atoms with Crippen LogP contribution in [0.1, 0.15) is 162 Å². The van der Waals surface area contributed by atoms with Crippen molar-refractivity contribution < 1.29 is 62.8 Å². The number of hydrogen-bond donors (Lipinski definition) is 6. The van der Waals surface area contributed by atoms with E-state index in [4.69, 9.17) is 24.8 Å². The van der Waals surface area contributed by atoms with Gasteiger partial charge in [-0.05, 0) is 51.4 Å². The van der Waals surface area contributed by atoms with E-state index < -0.39 is 76.0 Å². The molecule has 14 nitrogen and oxygen atoms in total. The number of phosphoric acid groups is 1. The summed E-state index contributed by atoms with van der Waals surface area (Å²) in [5.74, 6) is -2.76. The van der Waals surface area contributed by atoms with Gasteiger partial charge in [0, 0.05) is 12.8 Å².